The van der Waals surface area contributed by atoms with E-state index in [-0.39, 0.29) is 12.4 Å². The number of ether oxygens (including phenoxy) is 4. The van der Waals surface area contributed by atoms with Gasteiger partial charge in [0.1, 0.15) is 11.5 Å². The van der Waals surface area contributed by atoms with E-state index in [0.717, 1.165) is 11.1 Å². The fourth-order valence-electron chi connectivity index (χ4n) is 3.70. The van der Waals surface area contributed by atoms with Crippen molar-refractivity contribution in [2.24, 2.45) is 5.10 Å². The number of hydrogen-bond acceptors (Lipinski definition) is 7. The second-order valence-electron chi connectivity index (χ2n) is 8.46. The third-order valence-corrected chi connectivity index (χ3v) is 5.61. The smallest absolute Gasteiger partial charge is 0.343 e. The summed E-state index contributed by atoms with van der Waals surface area (Å²) in [6, 6.07) is 29.2. The Morgan fingerprint density at radius 2 is 1.38 bits per heavy atom. The first-order chi connectivity index (χ1) is 19.6. The lowest BCUT2D eigenvalue weighted by Crippen LogP contribution is -2.24. The maximum atomic E-state index is 12.6. The van der Waals surface area contributed by atoms with Crippen LogP contribution in [0.25, 0.3) is 11.1 Å². The van der Waals surface area contributed by atoms with Gasteiger partial charge in [0.2, 0.25) is 0 Å². The van der Waals surface area contributed by atoms with Gasteiger partial charge in [-0.1, -0.05) is 42.5 Å². The molecular weight excluding hydrogens is 508 g/mol. The molecule has 0 radical (unpaired) electrons. The molecule has 0 bridgehead atoms. The first-order valence-corrected chi connectivity index (χ1v) is 12.9. The zero-order chi connectivity index (χ0) is 28.2. The average molecular weight is 539 g/mol. The van der Waals surface area contributed by atoms with Gasteiger partial charge in [0.05, 0.1) is 25.0 Å². The van der Waals surface area contributed by atoms with Gasteiger partial charge in [-0.05, 0) is 85.1 Å². The predicted molar refractivity (Wildman–Crippen MR) is 153 cm³/mol. The van der Waals surface area contributed by atoms with Crippen LogP contribution < -0.4 is 24.4 Å². The molecule has 204 valence electrons. The molecule has 0 aliphatic heterocycles. The molecule has 4 aromatic carbocycles. The highest BCUT2D eigenvalue weighted by Gasteiger charge is 2.13. The number of benzene rings is 4. The maximum absolute atomic E-state index is 12.6. The molecule has 0 heterocycles. The van der Waals surface area contributed by atoms with Crippen molar-refractivity contribution in [3.8, 4) is 34.1 Å². The third kappa shape index (κ3) is 7.94. The molecule has 0 aliphatic carbocycles. The Kier molecular flexibility index (Phi) is 9.88. The van der Waals surface area contributed by atoms with Gasteiger partial charge < -0.3 is 18.9 Å². The number of amides is 1. The molecule has 0 atom stereocenters. The van der Waals surface area contributed by atoms with E-state index in [2.05, 4.69) is 10.5 Å². The van der Waals surface area contributed by atoms with Gasteiger partial charge in [0.15, 0.2) is 18.1 Å². The molecule has 40 heavy (non-hydrogen) atoms. The van der Waals surface area contributed by atoms with Gasteiger partial charge in [-0.3, -0.25) is 4.79 Å². The van der Waals surface area contributed by atoms with Gasteiger partial charge in [-0.15, -0.1) is 0 Å². The minimum Gasteiger partial charge on any atom is -0.494 e. The number of esters is 1. The molecule has 0 saturated heterocycles. The number of nitrogens with zero attached hydrogens (tertiary/aromatic N) is 1. The summed E-state index contributed by atoms with van der Waals surface area (Å²) in [5.74, 6) is 0.971. The van der Waals surface area contributed by atoms with Crippen molar-refractivity contribution >= 4 is 18.1 Å². The summed E-state index contributed by atoms with van der Waals surface area (Å²) in [5.41, 5.74) is 5.63. The van der Waals surface area contributed by atoms with Crippen molar-refractivity contribution in [3.05, 3.63) is 108 Å². The van der Waals surface area contributed by atoms with Crippen LogP contribution in [-0.4, -0.2) is 37.9 Å². The zero-order valence-electron chi connectivity index (χ0n) is 22.3. The second kappa shape index (κ2) is 14.2. The van der Waals surface area contributed by atoms with Crippen LogP contribution in [-0.2, 0) is 4.79 Å². The number of hydrogen-bond donors (Lipinski definition) is 1. The SMILES string of the molecule is CCOc1ccc(C(=O)Oc2ccc(/C=N\NC(=O)COc3ccc(-c4ccccc4)cc3)cc2OCC)cc1. The molecule has 0 fully saturated rings. The molecule has 0 unspecified atom stereocenters. The Balaban J connectivity index is 1.30. The van der Waals surface area contributed by atoms with E-state index in [9.17, 15) is 9.59 Å². The van der Waals surface area contributed by atoms with Crippen molar-refractivity contribution in [1.82, 2.24) is 5.43 Å². The summed E-state index contributed by atoms with van der Waals surface area (Å²) < 4.78 is 22.2. The highest BCUT2D eigenvalue weighted by molar-refractivity contribution is 5.92. The standard InChI is InChI=1S/C32H30N2O6/c1-3-37-27-17-13-26(14-18-27)32(36)40-29-19-10-23(20-30(29)38-4-2)21-33-34-31(35)22-39-28-15-11-25(12-16-28)24-8-6-5-7-9-24/h5-21H,3-4,22H2,1-2H3,(H,34,35)/b33-21-. The zero-order valence-corrected chi connectivity index (χ0v) is 22.3. The predicted octanol–water partition coefficient (Wildman–Crippen LogP) is 5.90. The first kappa shape index (κ1) is 27.9. The normalized spacial score (nSPS) is 10.7. The van der Waals surface area contributed by atoms with Crippen molar-refractivity contribution in [2.45, 2.75) is 13.8 Å². The monoisotopic (exact) mass is 538 g/mol. The minimum atomic E-state index is -0.521. The van der Waals surface area contributed by atoms with Gasteiger partial charge >= 0.3 is 5.97 Å². The van der Waals surface area contributed by atoms with Gasteiger partial charge in [0.25, 0.3) is 5.91 Å². The largest absolute Gasteiger partial charge is 0.494 e. The molecule has 1 amide bonds. The van der Waals surface area contributed by atoms with E-state index in [4.69, 9.17) is 18.9 Å². The Bertz CT molecular complexity index is 1430. The van der Waals surface area contributed by atoms with Crippen LogP contribution in [0.4, 0.5) is 0 Å². The lowest BCUT2D eigenvalue weighted by atomic mass is 10.1. The Morgan fingerprint density at radius 3 is 2.08 bits per heavy atom. The van der Waals surface area contributed by atoms with Crippen LogP contribution in [0.15, 0.2) is 102 Å². The van der Waals surface area contributed by atoms with Gasteiger partial charge in [-0.2, -0.15) is 5.10 Å². The lowest BCUT2D eigenvalue weighted by Gasteiger charge is -2.11. The fourth-order valence-corrected chi connectivity index (χ4v) is 3.70. The van der Waals surface area contributed by atoms with Crippen LogP contribution in [0.2, 0.25) is 0 Å². The van der Waals surface area contributed by atoms with Crippen LogP contribution in [0.3, 0.4) is 0 Å². The number of nitrogens with one attached hydrogen (secondary N) is 1. The Labute approximate surface area is 233 Å². The van der Waals surface area contributed by atoms with Crippen LogP contribution >= 0.6 is 0 Å². The van der Waals surface area contributed by atoms with Crippen molar-refractivity contribution in [1.29, 1.82) is 0 Å². The Morgan fingerprint density at radius 1 is 0.725 bits per heavy atom. The van der Waals surface area contributed by atoms with E-state index in [1.807, 2.05) is 68.4 Å². The third-order valence-electron chi connectivity index (χ3n) is 5.61. The molecule has 1 N–H and O–H groups in total. The van der Waals surface area contributed by atoms with E-state index >= 15 is 0 Å². The average Bonchev–Trinajstić information content (AvgIpc) is 2.99. The molecule has 0 spiro atoms. The summed E-state index contributed by atoms with van der Waals surface area (Å²) in [6.07, 6.45) is 1.47. The van der Waals surface area contributed by atoms with Crippen LogP contribution in [0.5, 0.6) is 23.0 Å². The van der Waals surface area contributed by atoms with Crippen molar-refractivity contribution in [3.63, 3.8) is 0 Å². The second-order valence-corrected chi connectivity index (χ2v) is 8.46. The molecule has 0 saturated carbocycles. The van der Waals surface area contributed by atoms with Crippen molar-refractivity contribution < 1.29 is 28.5 Å². The summed E-state index contributed by atoms with van der Waals surface area (Å²) in [5, 5.41) is 3.99. The molecule has 8 heteroatoms. The van der Waals surface area contributed by atoms with Crippen molar-refractivity contribution in [2.75, 3.05) is 19.8 Å². The fraction of sp³-hybridized carbons (Fsp3) is 0.156. The molecule has 8 nitrogen and oxygen atoms in total. The molecule has 0 aliphatic rings. The topological polar surface area (TPSA) is 95.5 Å². The number of rotatable bonds is 12. The number of hydrazone groups is 1. The summed E-state index contributed by atoms with van der Waals surface area (Å²) in [7, 11) is 0. The number of carbonyl (C=O) groups excluding carboxylic acids is 2. The Hall–Kier alpha value is -5.11. The highest BCUT2D eigenvalue weighted by Crippen LogP contribution is 2.29. The summed E-state index contributed by atoms with van der Waals surface area (Å²) >= 11 is 0. The number of carbonyl (C=O) groups is 2. The minimum absolute atomic E-state index is 0.188. The van der Waals surface area contributed by atoms with E-state index < -0.39 is 11.9 Å². The quantitative estimate of drug-likeness (QED) is 0.104. The van der Waals surface area contributed by atoms with Crippen LogP contribution in [0.1, 0.15) is 29.8 Å². The van der Waals surface area contributed by atoms with Gasteiger partial charge in [-0.25, -0.2) is 10.2 Å². The van der Waals surface area contributed by atoms with E-state index in [0.29, 0.717) is 41.6 Å². The molecule has 4 aromatic rings. The van der Waals surface area contributed by atoms with E-state index in [1.165, 1.54) is 6.21 Å². The van der Waals surface area contributed by atoms with E-state index in [1.54, 1.807) is 42.5 Å². The van der Waals surface area contributed by atoms with Crippen LogP contribution in [0, 0.1) is 0 Å². The highest BCUT2D eigenvalue weighted by atomic mass is 16.6. The molecule has 0 aromatic heterocycles. The lowest BCUT2D eigenvalue weighted by molar-refractivity contribution is -0.123. The summed E-state index contributed by atoms with van der Waals surface area (Å²) in [6.45, 7) is 4.44. The maximum Gasteiger partial charge on any atom is 0.343 e. The molecular formula is C32H30N2O6. The van der Waals surface area contributed by atoms with Gasteiger partial charge in [0, 0.05) is 0 Å². The summed E-state index contributed by atoms with van der Waals surface area (Å²) in [4.78, 5) is 24.8. The first-order valence-electron chi connectivity index (χ1n) is 12.9. The molecule has 4 rings (SSSR count).